The summed E-state index contributed by atoms with van der Waals surface area (Å²) in [6.07, 6.45) is 2.46. The third kappa shape index (κ3) is 3.14. The van der Waals surface area contributed by atoms with E-state index in [0.29, 0.717) is 5.92 Å². The molecule has 116 valence electrons. The van der Waals surface area contributed by atoms with Crippen LogP contribution in [0.5, 0.6) is 0 Å². The van der Waals surface area contributed by atoms with Crippen molar-refractivity contribution in [3.8, 4) is 0 Å². The maximum Gasteiger partial charge on any atom is 0.241 e. The zero-order chi connectivity index (χ0) is 15.5. The monoisotopic (exact) mass is 296 g/mol. The summed E-state index contributed by atoms with van der Waals surface area (Å²) in [6.45, 7) is 6.32. The quantitative estimate of drug-likeness (QED) is 0.931. The van der Waals surface area contributed by atoms with Crippen molar-refractivity contribution >= 4 is 22.4 Å². The van der Waals surface area contributed by atoms with Crippen LogP contribution in [0.4, 0.5) is 5.69 Å². The van der Waals surface area contributed by atoms with Crippen molar-refractivity contribution in [1.82, 2.24) is 4.90 Å². The van der Waals surface area contributed by atoms with Crippen LogP contribution in [-0.2, 0) is 4.79 Å². The molecule has 0 aromatic heterocycles. The number of nitrogens with zero attached hydrogens (tertiary/aromatic N) is 1. The Morgan fingerprint density at radius 3 is 2.82 bits per heavy atom. The molecular formula is C19H24N2O. The number of benzene rings is 2. The SMILES string of the molecule is CC1CCCN(C(C)C(=O)Nc2cccc3ccccc23)C1. The summed E-state index contributed by atoms with van der Waals surface area (Å²) in [5.74, 6) is 0.770. The van der Waals surface area contributed by atoms with E-state index in [0.717, 1.165) is 29.5 Å². The lowest BCUT2D eigenvalue weighted by Crippen LogP contribution is -2.46. The number of amides is 1. The Kier molecular flexibility index (Phi) is 4.44. The number of fused-ring (bicyclic) bond motifs is 1. The Morgan fingerprint density at radius 2 is 2.00 bits per heavy atom. The minimum atomic E-state index is -0.0817. The highest BCUT2D eigenvalue weighted by Crippen LogP contribution is 2.24. The van der Waals surface area contributed by atoms with Crippen LogP contribution in [-0.4, -0.2) is 29.9 Å². The lowest BCUT2D eigenvalue weighted by molar-refractivity contribution is -0.121. The van der Waals surface area contributed by atoms with Gasteiger partial charge in [-0.2, -0.15) is 0 Å². The fourth-order valence-corrected chi connectivity index (χ4v) is 3.31. The highest BCUT2D eigenvalue weighted by Gasteiger charge is 2.25. The molecule has 0 aliphatic carbocycles. The van der Waals surface area contributed by atoms with E-state index in [9.17, 15) is 4.79 Å². The molecular weight excluding hydrogens is 272 g/mol. The largest absolute Gasteiger partial charge is 0.324 e. The van der Waals surface area contributed by atoms with Crippen LogP contribution in [0.15, 0.2) is 42.5 Å². The van der Waals surface area contributed by atoms with Crippen LogP contribution < -0.4 is 5.32 Å². The second kappa shape index (κ2) is 6.49. The van der Waals surface area contributed by atoms with E-state index >= 15 is 0 Å². The first-order valence-electron chi connectivity index (χ1n) is 8.18. The zero-order valence-electron chi connectivity index (χ0n) is 13.4. The summed E-state index contributed by atoms with van der Waals surface area (Å²) >= 11 is 0. The number of piperidine rings is 1. The smallest absolute Gasteiger partial charge is 0.241 e. The molecule has 2 aromatic carbocycles. The van der Waals surface area contributed by atoms with Crippen molar-refractivity contribution in [3.05, 3.63) is 42.5 Å². The van der Waals surface area contributed by atoms with Crippen LogP contribution in [0, 0.1) is 5.92 Å². The average Bonchev–Trinajstić information content (AvgIpc) is 2.54. The van der Waals surface area contributed by atoms with E-state index in [-0.39, 0.29) is 11.9 Å². The van der Waals surface area contributed by atoms with Crippen molar-refractivity contribution in [1.29, 1.82) is 0 Å². The van der Waals surface area contributed by atoms with Crippen LogP contribution in [0.25, 0.3) is 10.8 Å². The Hall–Kier alpha value is -1.87. The number of hydrogen-bond donors (Lipinski definition) is 1. The van der Waals surface area contributed by atoms with Gasteiger partial charge in [0.25, 0.3) is 0 Å². The van der Waals surface area contributed by atoms with Gasteiger partial charge in [-0.3, -0.25) is 9.69 Å². The maximum atomic E-state index is 12.6. The van der Waals surface area contributed by atoms with Crippen molar-refractivity contribution < 1.29 is 4.79 Å². The Morgan fingerprint density at radius 1 is 1.23 bits per heavy atom. The topological polar surface area (TPSA) is 32.3 Å². The lowest BCUT2D eigenvalue weighted by atomic mass is 9.99. The Labute approximate surface area is 132 Å². The average molecular weight is 296 g/mol. The molecule has 3 heteroatoms. The van der Waals surface area contributed by atoms with E-state index in [1.54, 1.807) is 0 Å². The predicted octanol–water partition coefficient (Wildman–Crippen LogP) is 3.90. The molecule has 0 bridgehead atoms. The molecule has 1 saturated heterocycles. The van der Waals surface area contributed by atoms with Gasteiger partial charge in [0.2, 0.25) is 5.91 Å². The first-order chi connectivity index (χ1) is 10.6. The third-order valence-corrected chi connectivity index (χ3v) is 4.66. The second-order valence-corrected chi connectivity index (χ2v) is 6.43. The molecule has 1 aliphatic rings. The highest BCUT2D eigenvalue weighted by atomic mass is 16.2. The van der Waals surface area contributed by atoms with Gasteiger partial charge in [-0.1, -0.05) is 43.3 Å². The summed E-state index contributed by atoms with van der Waals surface area (Å²) in [5.41, 5.74) is 0.903. The maximum absolute atomic E-state index is 12.6. The fourth-order valence-electron chi connectivity index (χ4n) is 3.31. The molecule has 2 unspecified atom stereocenters. The number of rotatable bonds is 3. The minimum absolute atomic E-state index is 0.0817. The molecule has 1 amide bonds. The molecule has 0 saturated carbocycles. The summed E-state index contributed by atoms with van der Waals surface area (Å²) in [7, 11) is 0. The number of hydrogen-bond acceptors (Lipinski definition) is 2. The lowest BCUT2D eigenvalue weighted by Gasteiger charge is -2.34. The van der Waals surface area contributed by atoms with Gasteiger partial charge in [0.1, 0.15) is 0 Å². The fraction of sp³-hybridized carbons (Fsp3) is 0.421. The molecule has 2 aromatic rings. The van der Waals surface area contributed by atoms with Gasteiger partial charge in [0.05, 0.1) is 6.04 Å². The van der Waals surface area contributed by atoms with Gasteiger partial charge in [-0.15, -0.1) is 0 Å². The van der Waals surface area contributed by atoms with Gasteiger partial charge < -0.3 is 5.32 Å². The van der Waals surface area contributed by atoms with Gasteiger partial charge in [0.15, 0.2) is 0 Å². The first-order valence-corrected chi connectivity index (χ1v) is 8.18. The zero-order valence-corrected chi connectivity index (χ0v) is 13.4. The number of carbonyl (C=O) groups is 1. The van der Waals surface area contributed by atoms with Crippen LogP contribution in [0.1, 0.15) is 26.7 Å². The summed E-state index contributed by atoms with van der Waals surface area (Å²) < 4.78 is 0. The van der Waals surface area contributed by atoms with Crippen LogP contribution in [0.3, 0.4) is 0 Å². The second-order valence-electron chi connectivity index (χ2n) is 6.43. The number of carbonyl (C=O) groups excluding carboxylic acids is 1. The summed E-state index contributed by atoms with van der Waals surface area (Å²) in [5, 5.41) is 5.36. The Bertz CT molecular complexity index is 662. The van der Waals surface area contributed by atoms with Gasteiger partial charge in [0, 0.05) is 17.6 Å². The number of nitrogens with one attached hydrogen (secondary N) is 1. The minimum Gasteiger partial charge on any atom is -0.324 e. The van der Waals surface area contributed by atoms with Gasteiger partial charge in [-0.25, -0.2) is 0 Å². The van der Waals surface area contributed by atoms with Crippen LogP contribution >= 0.6 is 0 Å². The number of anilines is 1. The third-order valence-electron chi connectivity index (χ3n) is 4.66. The molecule has 0 radical (unpaired) electrons. The van der Waals surface area contributed by atoms with E-state index in [2.05, 4.69) is 35.3 Å². The van der Waals surface area contributed by atoms with E-state index < -0.39 is 0 Å². The highest BCUT2D eigenvalue weighted by molar-refractivity contribution is 6.03. The van der Waals surface area contributed by atoms with Gasteiger partial charge >= 0.3 is 0 Å². The molecule has 1 heterocycles. The predicted molar refractivity (Wildman–Crippen MR) is 92.0 cm³/mol. The molecule has 3 rings (SSSR count). The molecule has 22 heavy (non-hydrogen) atoms. The molecule has 1 fully saturated rings. The number of likely N-dealkylation sites (tertiary alicyclic amines) is 1. The van der Waals surface area contributed by atoms with E-state index in [1.807, 2.05) is 31.2 Å². The summed E-state index contributed by atoms with van der Waals surface area (Å²) in [4.78, 5) is 14.9. The normalized spacial score (nSPS) is 20.7. The first kappa shape index (κ1) is 15.0. The molecule has 0 spiro atoms. The van der Waals surface area contributed by atoms with Crippen molar-refractivity contribution in [2.24, 2.45) is 5.92 Å². The van der Waals surface area contributed by atoms with E-state index in [4.69, 9.17) is 0 Å². The van der Waals surface area contributed by atoms with Gasteiger partial charge in [-0.05, 0) is 43.7 Å². The van der Waals surface area contributed by atoms with Crippen LogP contribution in [0.2, 0.25) is 0 Å². The van der Waals surface area contributed by atoms with Crippen molar-refractivity contribution in [2.45, 2.75) is 32.7 Å². The molecule has 3 nitrogen and oxygen atoms in total. The molecule has 1 aliphatic heterocycles. The summed E-state index contributed by atoms with van der Waals surface area (Å²) in [6, 6.07) is 14.1. The molecule has 1 N–H and O–H groups in total. The standard InChI is InChI=1S/C19H24N2O/c1-14-7-6-12-21(13-14)15(2)19(22)20-18-11-5-9-16-8-3-4-10-17(16)18/h3-5,8-11,14-15H,6-7,12-13H2,1-2H3,(H,20,22). The van der Waals surface area contributed by atoms with E-state index in [1.165, 1.54) is 12.8 Å². The van der Waals surface area contributed by atoms with Crippen molar-refractivity contribution in [2.75, 3.05) is 18.4 Å². The molecule has 2 atom stereocenters. The van der Waals surface area contributed by atoms with Crippen molar-refractivity contribution in [3.63, 3.8) is 0 Å². The Balaban J connectivity index is 1.75.